The van der Waals surface area contributed by atoms with Gasteiger partial charge in [-0.25, -0.2) is 14.6 Å². The van der Waals surface area contributed by atoms with Crippen LogP contribution < -0.4 is 5.32 Å². The zero-order chi connectivity index (χ0) is 18.5. The molecular formula is C21H20N6. The van der Waals surface area contributed by atoms with Crippen molar-refractivity contribution in [2.24, 2.45) is 0 Å². The Bertz CT molecular complexity index is 997. The molecule has 0 amide bonds. The van der Waals surface area contributed by atoms with Gasteiger partial charge in [-0.2, -0.15) is 5.10 Å². The number of para-hydroxylation sites is 1. The van der Waals surface area contributed by atoms with Gasteiger partial charge in [0, 0.05) is 36.4 Å². The van der Waals surface area contributed by atoms with Gasteiger partial charge >= 0.3 is 0 Å². The van der Waals surface area contributed by atoms with Gasteiger partial charge in [0.05, 0.1) is 17.6 Å². The van der Waals surface area contributed by atoms with E-state index in [1.807, 2.05) is 65.7 Å². The monoisotopic (exact) mass is 356 g/mol. The fraction of sp³-hybridized carbons (Fsp3) is 0.143. The standard InChI is InChI=1S/C21H20N6/c1-16(12-17-6-5-10-22-13-17)25-21-23-11-9-20(26-21)18-14-24-27(15-18)19-7-3-2-4-8-19/h2-11,13-16H,12H2,1H3,(H,23,25,26). The van der Waals surface area contributed by atoms with E-state index in [4.69, 9.17) is 0 Å². The van der Waals surface area contributed by atoms with Gasteiger partial charge in [-0.3, -0.25) is 4.98 Å². The molecule has 0 saturated carbocycles. The highest BCUT2D eigenvalue weighted by molar-refractivity contribution is 5.58. The molecule has 6 nitrogen and oxygen atoms in total. The van der Waals surface area contributed by atoms with Gasteiger partial charge in [-0.15, -0.1) is 0 Å². The molecule has 4 rings (SSSR count). The third-order valence-electron chi connectivity index (χ3n) is 4.19. The van der Waals surface area contributed by atoms with E-state index in [-0.39, 0.29) is 6.04 Å². The molecular weight excluding hydrogens is 336 g/mol. The van der Waals surface area contributed by atoms with E-state index >= 15 is 0 Å². The van der Waals surface area contributed by atoms with Crippen LogP contribution in [-0.4, -0.2) is 30.8 Å². The molecule has 0 fully saturated rings. The fourth-order valence-electron chi connectivity index (χ4n) is 2.91. The van der Waals surface area contributed by atoms with E-state index in [1.54, 1.807) is 12.4 Å². The van der Waals surface area contributed by atoms with Crippen molar-refractivity contribution in [2.75, 3.05) is 5.32 Å². The van der Waals surface area contributed by atoms with Crippen LogP contribution in [0, 0.1) is 0 Å². The average molecular weight is 356 g/mol. The summed E-state index contributed by atoms with van der Waals surface area (Å²) in [5, 5.41) is 7.80. The molecule has 0 aliphatic carbocycles. The summed E-state index contributed by atoms with van der Waals surface area (Å²) in [4.78, 5) is 13.1. The van der Waals surface area contributed by atoms with Crippen LogP contribution in [0.3, 0.4) is 0 Å². The molecule has 4 aromatic rings. The Morgan fingerprint density at radius 2 is 1.89 bits per heavy atom. The van der Waals surface area contributed by atoms with Gasteiger partial charge in [0.1, 0.15) is 0 Å². The molecule has 0 radical (unpaired) electrons. The number of hydrogen-bond acceptors (Lipinski definition) is 5. The van der Waals surface area contributed by atoms with E-state index in [2.05, 4.69) is 38.4 Å². The smallest absolute Gasteiger partial charge is 0.223 e. The minimum atomic E-state index is 0.191. The number of pyridine rings is 1. The summed E-state index contributed by atoms with van der Waals surface area (Å²) in [6, 6.07) is 16.1. The highest BCUT2D eigenvalue weighted by Crippen LogP contribution is 2.19. The van der Waals surface area contributed by atoms with Crippen LogP contribution in [0.15, 0.2) is 79.5 Å². The number of hydrogen-bond donors (Lipinski definition) is 1. The number of aromatic nitrogens is 5. The lowest BCUT2D eigenvalue weighted by Gasteiger charge is -2.13. The Balaban J connectivity index is 1.49. The molecule has 0 saturated heterocycles. The number of anilines is 1. The van der Waals surface area contributed by atoms with Gasteiger partial charge in [-0.05, 0) is 43.2 Å². The predicted octanol–water partition coefficient (Wildman–Crippen LogP) is 3.77. The van der Waals surface area contributed by atoms with Crippen LogP contribution in [0.2, 0.25) is 0 Å². The third-order valence-corrected chi connectivity index (χ3v) is 4.19. The number of nitrogens with one attached hydrogen (secondary N) is 1. The summed E-state index contributed by atoms with van der Waals surface area (Å²) in [7, 11) is 0. The predicted molar refractivity (Wildman–Crippen MR) is 106 cm³/mol. The van der Waals surface area contributed by atoms with Crippen molar-refractivity contribution in [1.82, 2.24) is 24.7 Å². The molecule has 3 heterocycles. The topological polar surface area (TPSA) is 68.5 Å². The normalized spacial score (nSPS) is 11.9. The Morgan fingerprint density at radius 3 is 2.70 bits per heavy atom. The first kappa shape index (κ1) is 16.9. The molecule has 1 N–H and O–H groups in total. The fourth-order valence-corrected chi connectivity index (χ4v) is 2.91. The molecule has 0 spiro atoms. The van der Waals surface area contributed by atoms with Crippen molar-refractivity contribution in [2.45, 2.75) is 19.4 Å². The molecule has 27 heavy (non-hydrogen) atoms. The number of nitrogens with zero attached hydrogens (tertiary/aromatic N) is 5. The third kappa shape index (κ3) is 4.17. The lowest BCUT2D eigenvalue weighted by molar-refractivity contribution is 0.774. The Morgan fingerprint density at radius 1 is 1.00 bits per heavy atom. The SMILES string of the molecule is CC(Cc1cccnc1)Nc1nccc(-c2cnn(-c3ccccc3)c2)n1. The Kier molecular flexibility index (Phi) is 4.87. The molecule has 1 aromatic carbocycles. The maximum atomic E-state index is 4.64. The molecule has 1 unspecified atom stereocenters. The first-order valence-electron chi connectivity index (χ1n) is 8.87. The van der Waals surface area contributed by atoms with Gasteiger partial charge in [-0.1, -0.05) is 24.3 Å². The maximum Gasteiger partial charge on any atom is 0.223 e. The van der Waals surface area contributed by atoms with Crippen molar-refractivity contribution in [1.29, 1.82) is 0 Å². The average Bonchev–Trinajstić information content (AvgIpc) is 3.20. The highest BCUT2D eigenvalue weighted by Gasteiger charge is 2.09. The molecule has 134 valence electrons. The van der Waals surface area contributed by atoms with Crippen molar-refractivity contribution in [3.8, 4) is 16.9 Å². The van der Waals surface area contributed by atoms with E-state index in [0.717, 1.165) is 23.4 Å². The lowest BCUT2D eigenvalue weighted by Crippen LogP contribution is -2.19. The first-order chi connectivity index (χ1) is 13.3. The van der Waals surface area contributed by atoms with Gasteiger partial charge in [0.15, 0.2) is 0 Å². The van der Waals surface area contributed by atoms with Crippen LogP contribution in [0.4, 0.5) is 5.95 Å². The summed E-state index contributed by atoms with van der Waals surface area (Å²) in [6.07, 6.45) is 10.1. The second kappa shape index (κ2) is 7.78. The van der Waals surface area contributed by atoms with Crippen LogP contribution in [0.1, 0.15) is 12.5 Å². The molecule has 0 bridgehead atoms. The second-order valence-electron chi connectivity index (χ2n) is 6.39. The molecule has 1 atom stereocenters. The van der Waals surface area contributed by atoms with E-state index in [0.29, 0.717) is 5.95 Å². The zero-order valence-corrected chi connectivity index (χ0v) is 15.0. The molecule has 0 aliphatic heterocycles. The van der Waals surface area contributed by atoms with Crippen LogP contribution in [0.5, 0.6) is 0 Å². The molecule has 0 aliphatic rings. The Hall–Kier alpha value is -3.54. The van der Waals surface area contributed by atoms with Gasteiger partial charge in [0.25, 0.3) is 0 Å². The van der Waals surface area contributed by atoms with Crippen molar-refractivity contribution in [3.05, 3.63) is 85.1 Å². The summed E-state index contributed by atoms with van der Waals surface area (Å²) in [6.45, 7) is 2.11. The van der Waals surface area contributed by atoms with E-state index in [1.165, 1.54) is 5.56 Å². The maximum absolute atomic E-state index is 4.64. The largest absolute Gasteiger partial charge is 0.351 e. The van der Waals surface area contributed by atoms with Crippen molar-refractivity contribution in [3.63, 3.8) is 0 Å². The minimum absolute atomic E-state index is 0.191. The summed E-state index contributed by atoms with van der Waals surface area (Å²) in [5.74, 6) is 0.608. The number of benzene rings is 1. The van der Waals surface area contributed by atoms with Crippen LogP contribution in [0.25, 0.3) is 16.9 Å². The first-order valence-corrected chi connectivity index (χ1v) is 8.87. The van der Waals surface area contributed by atoms with Crippen LogP contribution >= 0.6 is 0 Å². The summed E-state index contributed by atoms with van der Waals surface area (Å²) >= 11 is 0. The molecule has 6 heteroatoms. The van der Waals surface area contributed by atoms with Gasteiger partial charge < -0.3 is 5.32 Å². The van der Waals surface area contributed by atoms with E-state index < -0.39 is 0 Å². The second-order valence-corrected chi connectivity index (χ2v) is 6.39. The minimum Gasteiger partial charge on any atom is -0.351 e. The summed E-state index contributed by atoms with van der Waals surface area (Å²) in [5.41, 5.74) is 3.98. The number of rotatable bonds is 6. The lowest BCUT2D eigenvalue weighted by atomic mass is 10.1. The van der Waals surface area contributed by atoms with Crippen LogP contribution in [-0.2, 0) is 6.42 Å². The highest BCUT2D eigenvalue weighted by atomic mass is 15.3. The summed E-state index contributed by atoms with van der Waals surface area (Å²) < 4.78 is 1.84. The van der Waals surface area contributed by atoms with Crippen molar-refractivity contribution >= 4 is 5.95 Å². The van der Waals surface area contributed by atoms with E-state index in [9.17, 15) is 0 Å². The van der Waals surface area contributed by atoms with Crippen molar-refractivity contribution < 1.29 is 0 Å². The molecule has 3 aromatic heterocycles. The zero-order valence-electron chi connectivity index (χ0n) is 15.0. The van der Waals surface area contributed by atoms with Gasteiger partial charge in [0.2, 0.25) is 5.95 Å². The Labute approximate surface area is 158 Å². The quantitative estimate of drug-likeness (QED) is 0.569.